The summed E-state index contributed by atoms with van der Waals surface area (Å²) in [6, 6.07) is 4.24. The Balaban J connectivity index is 2.23. The van der Waals surface area contributed by atoms with Gasteiger partial charge in [-0.2, -0.15) is 0 Å². The van der Waals surface area contributed by atoms with Crippen LogP contribution in [0.1, 0.15) is 23.7 Å². The molecular weight excluding hydrogens is 292 g/mol. The number of nitro benzene ring substituents is 1. The summed E-state index contributed by atoms with van der Waals surface area (Å²) in [5.74, 6) is -0.348. The Labute approximate surface area is 125 Å². The van der Waals surface area contributed by atoms with Gasteiger partial charge in [-0.1, -0.05) is 6.92 Å². The van der Waals surface area contributed by atoms with Crippen LogP contribution in [-0.2, 0) is 0 Å². The van der Waals surface area contributed by atoms with E-state index in [9.17, 15) is 14.9 Å². The van der Waals surface area contributed by atoms with E-state index in [0.717, 1.165) is 6.42 Å². The van der Waals surface area contributed by atoms with E-state index in [2.05, 4.69) is 15.6 Å². The number of nitrogens with zero attached hydrogens (tertiary/aromatic N) is 2. The van der Waals surface area contributed by atoms with Crippen LogP contribution in [0.4, 0.5) is 16.5 Å². The number of amides is 1. The van der Waals surface area contributed by atoms with Crippen LogP contribution in [0.2, 0.25) is 0 Å². The van der Waals surface area contributed by atoms with Crippen LogP contribution < -0.4 is 10.6 Å². The molecule has 0 saturated heterocycles. The zero-order valence-corrected chi connectivity index (χ0v) is 12.1. The van der Waals surface area contributed by atoms with Gasteiger partial charge in [0.15, 0.2) is 5.13 Å². The van der Waals surface area contributed by atoms with Crippen molar-refractivity contribution in [1.29, 1.82) is 0 Å². The molecule has 2 N–H and O–H groups in total. The zero-order chi connectivity index (χ0) is 15.2. The van der Waals surface area contributed by atoms with Gasteiger partial charge in [-0.05, 0) is 18.6 Å². The number of anilines is 2. The largest absolute Gasteiger partial charge is 0.379 e. The average Bonchev–Trinajstić information content (AvgIpc) is 2.97. The second-order valence-corrected chi connectivity index (χ2v) is 5.10. The van der Waals surface area contributed by atoms with Crippen LogP contribution in [0.3, 0.4) is 0 Å². The molecule has 0 bridgehead atoms. The van der Waals surface area contributed by atoms with Crippen molar-refractivity contribution in [3.05, 3.63) is 45.5 Å². The lowest BCUT2D eigenvalue weighted by molar-refractivity contribution is -0.384. The van der Waals surface area contributed by atoms with E-state index in [4.69, 9.17) is 0 Å². The lowest BCUT2D eigenvalue weighted by atomic mass is 10.1. The number of hydrogen-bond acceptors (Lipinski definition) is 6. The fraction of sp³-hybridized carbons (Fsp3) is 0.231. The number of carbonyl (C=O) groups excluding carboxylic acids is 1. The summed E-state index contributed by atoms with van der Waals surface area (Å²) in [5, 5.41) is 18.8. The van der Waals surface area contributed by atoms with E-state index in [0.29, 0.717) is 22.9 Å². The summed E-state index contributed by atoms with van der Waals surface area (Å²) < 4.78 is 0. The van der Waals surface area contributed by atoms with E-state index < -0.39 is 4.92 Å². The van der Waals surface area contributed by atoms with Gasteiger partial charge in [-0.15, -0.1) is 11.3 Å². The molecule has 8 heteroatoms. The van der Waals surface area contributed by atoms with Crippen molar-refractivity contribution in [3.63, 3.8) is 0 Å². The molecular formula is C13H14N4O3S. The summed E-state index contributed by atoms with van der Waals surface area (Å²) in [4.78, 5) is 26.5. The lowest BCUT2D eigenvalue weighted by Gasteiger charge is -2.08. The zero-order valence-electron chi connectivity index (χ0n) is 11.3. The van der Waals surface area contributed by atoms with E-state index in [1.807, 2.05) is 6.92 Å². The van der Waals surface area contributed by atoms with Crippen molar-refractivity contribution >= 4 is 33.8 Å². The number of benzene rings is 1. The van der Waals surface area contributed by atoms with Crippen LogP contribution in [0.15, 0.2) is 29.8 Å². The van der Waals surface area contributed by atoms with Crippen molar-refractivity contribution in [1.82, 2.24) is 4.98 Å². The van der Waals surface area contributed by atoms with E-state index in [-0.39, 0.29) is 11.6 Å². The number of nitro groups is 1. The molecule has 110 valence electrons. The highest BCUT2D eigenvalue weighted by molar-refractivity contribution is 7.13. The fourth-order valence-corrected chi connectivity index (χ4v) is 2.22. The number of aromatic nitrogens is 1. The van der Waals surface area contributed by atoms with Crippen molar-refractivity contribution in [2.45, 2.75) is 13.3 Å². The maximum absolute atomic E-state index is 12.1. The molecule has 1 aromatic heterocycles. The molecule has 0 atom stereocenters. The highest BCUT2D eigenvalue weighted by atomic mass is 32.1. The Morgan fingerprint density at radius 3 is 2.90 bits per heavy atom. The molecule has 0 fully saturated rings. The molecule has 0 unspecified atom stereocenters. The molecule has 7 nitrogen and oxygen atoms in total. The summed E-state index contributed by atoms with van der Waals surface area (Å²) in [7, 11) is 0. The predicted molar refractivity (Wildman–Crippen MR) is 81.9 cm³/mol. The highest BCUT2D eigenvalue weighted by Crippen LogP contribution is 2.26. The fourth-order valence-electron chi connectivity index (χ4n) is 1.69. The van der Waals surface area contributed by atoms with E-state index >= 15 is 0 Å². The maximum Gasteiger partial charge on any atom is 0.292 e. The minimum atomic E-state index is -0.472. The first kappa shape index (κ1) is 14.9. The van der Waals surface area contributed by atoms with Crippen molar-refractivity contribution in [2.24, 2.45) is 0 Å². The van der Waals surface area contributed by atoms with Gasteiger partial charge in [0.25, 0.3) is 11.6 Å². The van der Waals surface area contributed by atoms with Gasteiger partial charge in [-0.25, -0.2) is 4.98 Å². The van der Waals surface area contributed by atoms with Crippen LogP contribution in [0.25, 0.3) is 0 Å². The Bertz CT molecular complexity index is 643. The van der Waals surface area contributed by atoms with Gasteiger partial charge >= 0.3 is 0 Å². The molecule has 1 heterocycles. The molecule has 2 rings (SSSR count). The van der Waals surface area contributed by atoms with Crippen molar-refractivity contribution in [2.75, 3.05) is 17.2 Å². The monoisotopic (exact) mass is 306 g/mol. The molecule has 2 aromatic rings. The Morgan fingerprint density at radius 1 is 1.48 bits per heavy atom. The molecule has 0 radical (unpaired) electrons. The lowest BCUT2D eigenvalue weighted by Crippen LogP contribution is -2.13. The normalized spacial score (nSPS) is 10.1. The third-order valence-corrected chi connectivity index (χ3v) is 3.36. The maximum atomic E-state index is 12.1. The molecule has 0 aliphatic rings. The Kier molecular flexibility index (Phi) is 4.83. The van der Waals surface area contributed by atoms with Gasteiger partial charge in [-0.3, -0.25) is 20.2 Å². The minimum Gasteiger partial charge on any atom is -0.379 e. The van der Waals surface area contributed by atoms with E-state index in [1.54, 1.807) is 11.6 Å². The summed E-state index contributed by atoms with van der Waals surface area (Å²) in [5.41, 5.74) is 0.636. The minimum absolute atomic E-state index is 0.0470. The van der Waals surface area contributed by atoms with Gasteiger partial charge in [0.1, 0.15) is 5.69 Å². The summed E-state index contributed by atoms with van der Waals surface area (Å²) in [6.45, 7) is 2.55. The van der Waals surface area contributed by atoms with Crippen LogP contribution in [-0.4, -0.2) is 22.4 Å². The second-order valence-electron chi connectivity index (χ2n) is 4.21. The van der Waals surface area contributed by atoms with Crippen LogP contribution >= 0.6 is 11.3 Å². The molecule has 1 amide bonds. The number of carbonyl (C=O) groups is 1. The summed E-state index contributed by atoms with van der Waals surface area (Å²) in [6.07, 6.45) is 2.41. The molecule has 0 aliphatic carbocycles. The van der Waals surface area contributed by atoms with Gasteiger partial charge in [0.2, 0.25) is 0 Å². The topological polar surface area (TPSA) is 97.2 Å². The first-order chi connectivity index (χ1) is 10.1. The standard InChI is InChI=1S/C13H14N4O3S/c1-2-5-14-10-8-9(3-4-11(10)17(19)20)12(18)16-13-15-6-7-21-13/h3-4,6-8,14H,2,5H2,1H3,(H,15,16,18). The van der Waals surface area contributed by atoms with E-state index in [1.165, 1.54) is 29.5 Å². The number of thiazole rings is 1. The highest BCUT2D eigenvalue weighted by Gasteiger charge is 2.17. The third kappa shape index (κ3) is 3.76. The van der Waals surface area contributed by atoms with Gasteiger partial charge < -0.3 is 5.32 Å². The third-order valence-electron chi connectivity index (χ3n) is 2.67. The molecule has 0 aliphatic heterocycles. The average molecular weight is 306 g/mol. The SMILES string of the molecule is CCCNc1cc(C(=O)Nc2nccs2)ccc1[N+](=O)[O-]. The first-order valence-corrected chi connectivity index (χ1v) is 7.23. The predicted octanol–water partition coefficient (Wildman–Crippen LogP) is 3.13. The molecule has 0 spiro atoms. The number of nitrogens with one attached hydrogen (secondary N) is 2. The molecule has 0 saturated carbocycles. The Morgan fingerprint density at radius 2 is 2.29 bits per heavy atom. The molecule has 1 aromatic carbocycles. The number of rotatable bonds is 6. The van der Waals surface area contributed by atoms with Crippen LogP contribution in [0, 0.1) is 10.1 Å². The smallest absolute Gasteiger partial charge is 0.292 e. The second kappa shape index (κ2) is 6.80. The van der Waals surface area contributed by atoms with Crippen molar-refractivity contribution in [3.8, 4) is 0 Å². The summed E-state index contributed by atoms with van der Waals surface area (Å²) >= 11 is 1.31. The first-order valence-electron chi connectivity index (χ1n) is 6.35. The Hall–Kier alpha value is -2.48. The van der Waals surface area contributed by atoms with Gasteiger partial charge in [0, 0.05) is 29.8 Å². The van der Waals surface area contributed by atoms with Crippen molar-refractivity contribution < 1.29 is 9.72 Å². The molecule has 21 heavy (non-hydrogen) atoms. The number of hydrogen-bond donors (Lipinski definition) is 2. The van der Waals surface area contributed by atoms with Crippen LogP contribution in [0.5, 0.6) is 0 Å². The quantitative estimate of drug-likeness (QED) is 0.631. The van der Waals surface area contributed by atoms with Gasteiger partial charge in [0.05, 0.1) is 4.92 Å².